The number of carboxylic acids is 1. The number of aliphatic carboxylic acids is 1. The molecule has 1 saturated heterocycles. The Morgan fingerprint density at radius 2 is 1.96 bits per heavy atom. The van der Waals surface area contributed by atoms with E-state index in [1.165, 1.54) is 17.0 Å². The second kappa shape index (κ2) is 7.76. The van der Waals surface area contributed by atoms with Gasteiger partial charge in [-0.15, -0.1) is 0 Å². The zero-order valence-electron chi connectivity index (χ0n) is 13.5. The zero-order valence-corrected chi connectivity index (χ0v) is 14.3. The Hall–Kier alpha value is -1.93. The lowest BCUT2D eigenvalue weighted by Gasteiger charge is -2.35. The van der Waals surface area contributed by atoms with Gasteiger partial charge in [0.1, 0.15) is 0 Å². The van der Waals surface area contributed by atoms with Gasteiger partial charge in [-0.25, -0.2) is 8.42 Å². The molecular weight excluding hydrogens is 334 g/mol. The highest BCUT2D eigenvalue weighted by Crippen LogP contribution is 2.16. The smallest absolute Gasteiger partial charge is 0.305 e. The molecule has 1 aliphatic heterocycles. The Labute approximate surface area is 141 Å². The van der Waals surface area contributed by atoms with Crippen molar-refractivity contribution in [3.63, 3.8) is 0 Å². The number of benzene rings is 1. The molecule has 1 heterocycles. The fourth-order valence-electron chi connectivity index (χ4n) is 2.61. The summed E-state index contributed by atoms with van der Waals surface area (Å²) in [5.74, 6) is -1.14. The van der Waals surface area contributed by atoms with Crippen LogP contribution in [-0.2, 0) is 30.6 Å². The van der Waals surface area contributed by atoms with Crippen LogP contribution in [-0.4, -0.2) is 61.9 Å². The van der Waals surface area contributed by atoms with E-state index < -0.39 is 21.8 Å². The van der Waals surface area contributed by atoms with Gasteiger partial charge in [-0.05, 0) is 17.7 Å². The summed E-state index contributed by atoms with van der Waals surface area (Å²) in [6.45, 7) is 2.54. The van der Waals surface area contributed by atoms with E-state index in [1.807, 2.05) is 0 Å². The molecule has 24 heavy (non-hydrogen) atoms. The third-order valence-corrected chi connectivity index (χ3v) is 5.73. The Morgan fingerprint density at radius 3 is 2.54 bits per heavy atom. The third kappa shape index (κ3) is 4.55. The summed E-state index contributed by atoms with van der Waals surface area (Å²) in [6.07, 6.45) is -0.0536. The van der Waals surface area contributed by atoms with Gasteiger partial charge < -0.3 is 14.7 Å². The molecule has 132 valence electrons. The molecule has 0 saturated carbocycles. The van der Waals surface area contributed by atoms with Crippen molar-refractivity contribution in [2.75, 3.05) is 25.5 Å². The lowest BCUT2D eigenvalue weighted by Crippen LogP contribution is -2.50. The minimum atomic E-state index is -3.26. The van der Waals surface area contributed by atoms with E-state index in [1.54, 1.807) is 19.1 Å². The van der Waals surface area contributed by atoms with Crippen LogP contribution in [0, 0.1) is 0 Å². The van der Waals surface area contributed by atoms with Gasteiger partial charge >= 0.3 is 5.97 Å². The first-order valence-corrected chi connectivity index (χ1v) is 9.39. The van der Waals surface area contributed by atoms with Gasteiger partial charge in [0.15, 0.2) is 9.84 Å². The quantitative estimate of drug-likeness (QED) is 0.807. The van der Waals surface area contributed by atoms with Crippen LogP contribution >= 0.6 is 0 Å². The van der Waals surface area contributed by atoms with Gasteiger partial charge in [0.25, 0.3) is 0 Å². The number of amides is 1. The number of ether oxygens (including phenoxy) is 1. The zero-order chi connectivity index (χ0) is 17.7. The van der Waals surface area contributed by atoms with Crippen molar-refractivity contribution in [1.29, 1.82) is 0 Å². The fourth-order valence-corrected chi connectivity index (χ4v) is 3.50. The Balaban J connectivity index is 2.06. The van der Waals surface area contributed by atoms with Crippen molar-refractivity contribution in [3.8, 4) is 0 Å². The number of rotatable bonds is 6. The molecule has 0 spiro atoms. The molecule has 1 amide bonds. The van der Waals surface area contributed by atoms with Crippen LogP contribution < -0.4 is 0 Å². The molecule has 1 aromatic carbocycles. The highest BCUT2D eigenvalue weighted by atomic mass is 32.2. The Bertz CT molecular complexity index is 698. The largest absolute Gasteiger partial charge is 0.481 e. The molecule has 0 aliphatic carbocycles. The van der Waals surface area contributed by atoms with Gasteiger partial charge in [0, 0.05) is 6.54 Å². The molecule has 1 unspecified atom stereocenters. The molecule has 0 aromatic heterocycles. The molecule has 1 N–H and O–H groups in total. The van der Waals surface area contributed by atoms with E-state index >= 15 is 0 Å². The molecule has 1 aromatic rings. The van der Waals surface area contributed by atoms with E-state index in [0.29, 0.717) is 18.7 Å². The first-order chi connectivity index (χ1) is 11.3. The molecule has 2 rings (SSSR count). The monoisotopic (exact) mass is 355 g/mol. The van der Waals surface area contributed by atoms with Crippen molar-refractivity contribution in [1.82, 2.24) is 4.90 Å². The molecule has 8 heteroatoms. The molecule has 1 atom stereocenters. The van der Waals surface area contributed by atoms with Crippen LogP contribution in [0.15, 0.2) is 29.2 Å². The molecular formula is C16H21NO6S. The number of carbonyl (C=O) groups is 2. The van der Waals surface area contributed by atoms with Crippen molar-refractivity contribution in [2.24, 2.45) is 0 Å². The first kappa shape index (κ1) is 18.4. The summed E-state index contributed by atoms with van der Waals surface area (Å²) in [5.41, 5.74) is 0.690. The van der Waals surface area contributed by atoms with Crippen LogP contribution in [0.5, 0.6) is 0 Å². The predicted octanol–water partition coefficient (Wildman–Crippen LogP) is 0.725. The average Bonchev–Trinajstić information content (AvgIpc) is 2.55. The van der Waals surface area contributed by atoms with Crippen molar-refractivity contribution in [3.05, 3.63) is 29.8 Å². The average molecular weight is 355 g/mol. The number of morpholine rings is 1. The van der Waals surface area contributed by atoms with Crippen molar-refractivity contribution >= 4 is 21.7 Å². The Kier molecular flexibility index (Phi) is 5.95. The number of carbonyl (C=O) groups excluding carboxylic acids is 1. The van der Waals surface area contributed by atoms with Crippen LogP contribution in [0.1, 0.15) is 18.9 Å². The van der Waals surface area contributed by atoms with E-state index in [2.05, 4.69) is 0 Å². The minimum absolute atomic E-state index is 0.0237. The summed E-state index contributed by atoms with van der Waals surface area (Å²) >= 11 is 0. The second-order valence-electron chi connectivity index (χ2n) is 5.64. The maximum Gasteiger partial charge on any atom is 0.305 e. The van der Waals surface area contributed by atoms with E-state index in [9.17, 15) is 18.0 Å². The van der Waals surface area contributed by atoms with Gasteiger partial charge in [0.05, 0.1) is 42.7 Å². The molecule has 0 bridgehead atoms. The standard InChI is InChI=1S/C16H21NO6S/c1-2-24(21,22)14-5-3-12(4-6-14)9-15(18)17-7-8-23-11-13(17)10-16(19)20/h3-6,13H,2,7-11H2,1H3,(H,19,20). The van der Waals surface area contributed by atoms with E-state index in [4.69, 9.17) is 9.84 Å². The number of nitrogens with zero attached hydrogens (tertiary/aromatic N) is 1. The summed E-state index contributed by atoms with van der Waals surface area (Å²) in [5, 5.41) is 8.93. The number of hydrogen-bond donors (Lipinski definition) is 1. The lowest BCUT2D eigenvalue weighted by molar-refractivity contribution is -0.145. The van der Waals surface area contributed by atoms with Gasteiger partial charge in [-0.1, -0.05) is 19.1 Å². The summed E-state index contributed by atoms with van der Waals surface area (Å²) in [4.78, 5) is 25.1. The summed E-state index contributed by atoms with van der Waals surface area (Å²) in [6, 6.07) is 5.76. The maximum absolute atomic E-state index is 12.5. The number of sulfone groups is 1. The normalized spacial score (nSPS) is 18.4. The molecule has 1 fully saturated rings. The SMILES string of the molecule is CCS(=O)(=O)c1ccc(CC(=O)N2CCOCC2CC(=O)O)cc1. The summed E-state index contributed by atoms with van der Waals surface area (Å²) in [7, 11) is -3.26. The van der Waals surface area contributed by atoms with E-state index in [0.717, 1.165) is 0 Å². The number of hydrogen-bond acceptors (Lipinski definition) is 5. The van der Waals surface area contributed by atoms with Crippen LogP contribution in [0.25, 0.3) is 0 Å². The molecule has 1 aliphatic rings. The van der Waals surface area contributed by atoms with Gasteiger partial charge in [-0.2, -0.15) is 0 Å². The fraction of sp³-hybridized carbons (Fsp3) is 0.500. The molecule has 0 radical (unpaired) electrons. The van der Waals surface area contributed by atoms with E-state index in [-0.39, 0.29) is 36.0 Å². The Morgan fingerprint density at radius 1 is 1.29 bits per heavy atom. The molecule has 7 nitrogen and oxygen atoms in total. The van der Waals surface area contributed by atoms with Crippen molar-refractivity contribution < 1.29 is 27.9 Å². The van der Waals surface area contributed by atoms with Gasteiger partial charge in [-0.3, -0.25) is 9.59 Å². The second-order valence-corrected chi connectivity index (χ2v) is 7.92. The predicted molar refractivity (Wildman–Crippen MR) is 86.4 cm³/mol. The lowest BCUT2D eigenvalue weighted by atomic mass is 10.1. The number of carboxylic acid groups (broad SMARTS) is 1. The van der Waals surface area contributed by atoms with Crippen LogP contribution in [0.3, 0.4) is 0 Å². The third-order valence-electron chi connectivity index (χ3n) is 3.98. The van der Waals surface area contributed by atoms with Crippen molar-refractivity contribution in [2.45, 2.75) is 30.7 Å². The topological polar surface area (TPSA) is 101 Å². The summed E-state index contributed by atoms with van der Waals surface area (Å²) < 4.78 is 28.8. The van der Waals surface area contributed by atoms with Gasteiger partial charge in [0.2, 0.25) is 5.91 Å². The van der Waals surface area contributed by atoms with Crippen LogP contribution in [0.4, 0.5) is 0 Å². The minimum Gasteiger partial charge on any atom is -0.481 e. The highest BCUT2D eigenvalue weighted by Gasteiger charge is 2.29. The highest BCUT2D eigenvalue weighted by molar-refractivity contribution is 7.91. The maximum atomic E-state index is 12.5. The first-order valence-electron chi connectivity index (χ1n) is 7.74. The van der Waals surface area contributed by atoms with Crippen LogP contribution in [0.2, 0.25) is 0 Å².